The molecule has 0 amide bonds. The molecule has 0 spiro atoms. The standard InChI is InChI=1S/C23H26F3N5/c1-3-27-22(30-17(2)19-10-7-11-20(14-19)23(24,25)26)29-15-21-28-12-13-31(21)16-18-8-5-4-6-9-18/h4-14,17H,3,15-16H2,1-2H3,(H2,27,29,30). The van der Waals surface area contributed by atoms with Gasteiger partial charge in [-0.1, -0.05) is 42.5 Å². The number of aliphatic imine (C=N–C) groups is 1. The molecule has 5 nitrogen and oxygen atoms in total. The van der Waals surface area contributed by atoms with E-state index >= 15 is 0 Å². The van der Waals surface area contributed by atoms with Gasteiger partial charge in [0.15, 0.2) is 5.96 Å². The molecule has 0 saturated heterocycles. The number of halogens is 3. The minimum Gasteiger partial charge on any atom is -0.357 e. The Kier molecular flexibility index (Phi) is 7.33. The number of hydrogen-bond donors (Lipinski definition) is 2. The maximum Gasteiger partial charge on any atom is 0.416 e. The van der Waals surface area contributed by atoms with Crippen molar-refractivity contribution in [2.75, 3.05) is 6.54 Å². The molecule has 1 heterocycles. The quantitative estimate of drug-likeness (QED) is 0.420. The highest BCUT2D eigenvalue weighted by Gasteiger charge is 2.30. The lowest BCUT2D eigenvalue weighted by molar-refractivity contribution is -0.137. The van der Waals surface area contributed by atoms with Gasteiger partial charge in [0, 0.05) is 25.5 Å². The van der Waals surface area contributed by atoms with Gasteiger partial charge in [-0.2, -0.15) is 13.2 Å². The monoisotopic (exact) mass is 429 g/mol. The van der Waals surface area contributed by atoms with Crippen LogP contribution in [0.25, 0.3) is 0 Å². The number of hydrogen-bond acceptors (Lipinski definition) is 2. The molecule has 1 atom stereocenters. The molecule has 1 unspecified atom stereocenters. The normalized spacial score (nSPS) is 13.1. The second kappa shape index (κ2) is 10.1. The molecule has 0 bridgehead atoms. The SMILES string of the molecule is CCNC(=NCc1nccn1Cc1ccccc1)NC(C)c1cccc(C(F)(F)F)c1. The van der Waals surface area contributed by atoms with Crippen molar-refractivity contribution in [3.8, 4) is 0 Å². The van der Waals surface area contributed by atoms with Gasteiger partial charge in [0.05, 0.1) is 11.6 Å². The Morgan fingerprint density at radius 1 is 1.13 bits per heavy atom. The lowest BCUT2D eigenvalue weighted by Crippen LogP contribution is -2.38. The lowest BCUT2D eigenvalue weighted by atomic mass is 10.1. The average Bonchev–Trinajstić information content (AvgIpc) is 3.19. The van der Waals surface area contributed by atoms with Crippen molar-refractivity contribution >= 4 is 5.96 Å². The Balaban J connectivity index is 1.71. The van der Waals surface area contributed by atoms with Crippen molar-refractivity contribution in [1.29, 1.82) is 0 Å². The van der Waals surface area contributed by atoms with Crippen molar-refractivity contribution in [3.63, 3.8) is 0 Å². The predicted molar refractivity (Wildman–Crippen MR) is 116 cm³/mol. The zero-order valence-electron chi connectivity index (χ0n) is 17.5. The average molecular weight is 429 g/mol. The summed E-state index contributed by atoms with van der Waals surface area (Å²) >= 11 is 0. The van der Waals surface area contributed by atoms with Crippen LogP contribution in [0.15, 0.2) is 72.0 Å². The summed E-state index contributed by atoms with van der Waals surface area (Å²) in [5, 5.41) is 6.32. The summed E-state index contributed by atoms with van der Waals surface area (Å²) in [6.45, 7) is 5.39. The van der Waals surface area contributed by atoms with Crippen LogP contribution in [0.4, 0.5) is 13.2 Å². The Morgan fingerprint density at radius 3 is 2.61 bits per heavy atom. The molecule has 1 aromatic heterocycles. The van der Waals surface area contributed by atoms with Crippen LogP contribution in [0.1, 0.15) is 42.4 Å². The molecule has 0 saturated carbocycles. The third kappa shape index (κ3) is 6.34. The summed E-state index contributed by atoms with van der Waals surface area (Å²) in [6.07, 6.45) is -0.729. The third-order valence-corrected chi connectivity index (χ3v) is 4.79. The highest BCUT2D eigenvalue weighted by molar-refractivity contribution is 5.80. The van der Waals surface area contributed by atoms with Crippen molar-refractivity contribution in [3.05, 3.63) is 89.5 Å². The van der Waals surface area contributed by atoms with Crippen LogP contribution in [0, 0.1) is 0 Å². The number of guanidine groups is 1. The van der Waals surface area contributed by atoms with Crippen LogP contribution in [0.5, 0.6) is 0 Å². The van der Waals surface area contributed by atoms with E-state index in [0.29, 0.717) is 31.2 Å². The Morgan fingerprint density at radius 2 is 1.90 bits per heavy atom. The van der Waals surface area contributed by atoms with E-state index < -0.39 is 11.7 Å². The molecule has 3 aromatic rings. The summed E-state index contributed by atoms with van der Waals surface area (Å²) in [7, 11) is 0. The van der Waals surface area contributed by atoms with Crippen molar-refractivity contribution < 1.29 is 13.2 Å². The Hall–Kier alpha value is -3.29. The molecule has 164 valence electrons. The summed E-state index contributed by atoms with van der Waals surface area (Å²) < 4.78 is 41.1. The Labute approximate surface area is 180 Å². The number of alkyl halides is 3. The molecule has 3 rings (SSSR count). The first-order valence-corrected chi connectivity index (χ1v) is 10.1. The van der Waals surface area contributed by atoms with E-state index in [-0.39, 0.29) is 6.04 Å². The van der Waals surface area contributed by atoms with Crippen LogP contribution in [-0.4, -0.2) is 22.1 Å². The van der Waals surface area contributed by atoms with Crippen molar-refractivity contribution in [2.24, 2.45) is 4.99 Å². The zero-order chi connectivity index (χ0) is 22.3. The fourth-order valence-corrected chi connectivity index (χ4v) is 3.16. The molecular formula is C23H26F3N5. The van der Waals surface area contributed by atoms with E-state index in [9.17, 15) is 13.2 Å². The fraction of sp³-hybridized carbons (Fsp3) is 0.304. The molecule has 31 heavy (non-hydrogen) atoms. The van der Waals surface area contributed by atoms with Gasteiger partial charge in [0.2, 0.25) is 0 Å². The molecule has 0 fully saturated rings. The smallest absolute Gasteiger partial charge is 0.357 e. The maximum absolute atomic E-state index is 13.0. The minimum absolute atomic E-state index is 0.338. The molecule has 2 N–H and O–H groups in total. The maximum atomic E-state index is 13.0. The number of rotatable bonds is 7. The van der Waals surface area contributed by atoms with Gasteiger partial charge in [0.25, 0.3) is 0 Å². The highest BCUT2D eigenvalue weighted by atomic mass is 19.4. The van der Waals surface area contributed by atoms with Crippen LogP contribution >= 0.6 is 0 Å². The molecule has 0 aliphatic heterocycles. The number of benzene rings is 2. The molecule has 0 radical (unpaired) electrons. The van der Waals surface area contributed by atoms with Gasteiger partial charge in [0.1, 0.15) is 12.4 Å². The third-order valence-electron chi connectivity index (χ3n) is 4.79. The van der Waals surface area contributed by atoms with E-state index in [0.717, 1.165) is 23.5 Å². The lowest BCUT2D eigenvalue weighted by Gasteiger charge is -2.19. The minimum atomic E-state index is -4.37. The summed E-state index contributed by atoms with van der Waals surface area (Å²) in [4.78, 5) is 8.98. The van der Waals surface area contributed by atoms with Crippen LogP contribution in [0.3, 0.4) is 0 Å². The zero-order valence-corrected chi connectivity index (χ0v) is 17.5. The van der Waals surface area contributed by atoms with Gasteiger partial charge >= 0.3 is 6.18 Å². The fourth-order valence-electron chi connectivity index (χ4n) is 3.16. The number of nitrogens with one attached hydrogen (secondary N) is 2. The predicted octanol–water partition coefficient (Wildman–Crippen LogP) is 4.77. The van der Waals surface area contributed by atoms with Gasteiger partial charge in [-0.3, -0.25) is 0 Å². The topological polar surface area (TPSA) is 54.2 Å². The number of aromatic nitrogens is 2. The first-order valence-electron chi connectivity index (χ1n) is 10.1. The molecule has 0 aliphatic carbocycles. The first-order chi connectivity index (χ1) is 14.9. The van der Waals surface area contributed by atoms with Crippen molar-refractivity contribution in [2.45, 2.75) is 39.2 Å². The van der Waals surface area contributed by atoms with E-state index in [1.807, 2.05) is 35.9 Å². The van der Waals surface area contributed by atoms with Gasteiger partial charge in [-0.05, 0) is 37.1 Å². The summed E-state index contributed by atoms with van der Waals surface area (Å²) in [5.41, 5.74) is 1.03. The van der Waals surface area contributed by atoms with Gasteiger partial charge < -0.3 is 15.2 Å². The van der Waals surface area contributed by atoms with Gasteiger partial charge in [-0.15, -0.1) is 0 Å². The highest BCUT2D eigenvalue weighted by Crippen LogP contribution is 2.30. The summed E-state index contributed by atoms with van der Waals surface area (Å²) in [5.74, 6) is 1.31. The molecule has 2 aromatic carbocycles. The number of nitrogens with zero attached hydrogens (tertiary/aromatic N) is 3. The van der Waals surface area contributed by atoms with Crippen LogP contribution < -0.4 is 10.6 Å². The van der Waals surface area contributed by atoms with E-state index in [1.54, 1.807) is 19.2 Å². The van der Waals surface area contributed by atoms with Crippen molar-refractivity contribution in [1.82, 2.24) is 20.2 Å². The number of imidazole rings is 1. The largest absolute Gasteiger partial charge is 0.416 e. The molecular weight excluding hydrogens is 403 g/mol. The van der Waals surface area contributed by atoms with E-state index in [2.05, 4.69) is 32.7 Å². The van der Waals surface area contributed by atoms with Crippen LogP contribution in [0.2, 0.25) is 0 Å². The van der Waals surface area contributed by atoms with Gasteiger partial charge in [-0.25, -0.2) is 9.98 Å². The van der Waals surface area contributed by atoms with E-state index in [4.69, 9.17) is 0 Å². The summed E-state index contributed by atoms with van der Waals surface area (Å²) in [6, 6.07) is 15.0. The second-order valence-corrected chi connectivity index (χ2v) is 7.14. The molecule has 8 heteroatoms. The second-order valence-electron chi connectivity index (χ2n) is 7.14. The Bertz CT molecular complexity index is 996. The first kappa shape index (κ1) is 22.4. The van der Waals surface area contributed by atoms with E-state index in [1.165, 1.54) is 6.07 Å². The molecule has 0 aliphatic rings. The van der Waals surface area contributed by atoms with Crippen LogP contribution in [-0.2, 0) is 19.3 Å².